The minimum absolute atomic E-state index is 0.162. The number of anilines is 1. The van der Waals surface area contributed by atoms with Gasteiger partial charge in [-0.1, -0.05) is 22.0 Å². The molecule has 1 aromatic carbocycles. The highest BCUT2D eigenvalue weighted by molar-refractivity contribution is 9.10. The average molecular weight is 361 g/mol. The van der Waals surface area contributed by atoms with Crippen LogP contribution in [0.3, 0.4) is 0 Å². The van der Waals surface area contributed by atoms with E-state index in [1.165, 1.54) is 4.88 Å². The number of carbonyl (C=O) groups excluding carboxylic acids is 1. The highest BCUT2D eigenvalue weighted by Crippen LogP contribution is 2.38. The minimum Gasteiger partial charge on any atom is -0.312 e. The van der Waals surface area contributed by atoms with Crippen LogP contribution in [0.15, 0.2) is 22.7 Å². The summed E-state index contributed by atoms with van der Waals surface area (Å²) in [5.74, 6) is -0.162. The van der Waals surface area contributed by atoms with Crippen LogP contribution in [0.4, 0.5) is 5.00 Å². The SMILES string of the molecule is Cc1ccc(Br)cc1C(=O)Nc1sc2c(c1C#N)CCC2. The van der Waals surface area contributed by atoms with Gasteiger partial charge in [-0.3, -0.25) is 4.79 Å². The van der Waals surface area contributed by atoms with Crippen LogP contribution in [0.2, 0.25) is 0 Å². The molecule has 1 aliphatic carbocycles. The molecule has 0 unspecified atom stereocenters. The Labute approximate surface area is 135 Å². The summed E-state index contributed by atoms with van der Waals surface area (Å²) in [5, 5.41) is 12.9. The van der Waals surface area contributed by atoms with Gasteiger partial charge in [-0.15, -0.1) is 11.3 Å². The number of amides is 1. The van der Waals surface area contributed by atoms with Crippen LogP contribution in [-0.4, -0.2) is 5.91 Å². The number of hydrogen-bond acceptors (Lipinski definition) is 3. The molecule has 5 heteroatoms. The highest BCUT2D eigenvalue weighted by Gasteiger charge is 2.23. The molecule has 0 aliphatic heterocycles. The predicted molar refractivity (Wildman–Crippen MR) is 87.9 cm³/mol. The molecule has 1 amide bonds. The second kappa shape index (κ2) is 5.63. The third-order valence-corrected chi connectivity index (χ3v) is 5.40. The van der Waals surface area contributed by atoms with Crippen molar-refractivity contribution in [2.45, 2.75) is 26.2 Å². The van der Waals surface area contributed by atoms with E-state index in [9.17, 15) is 10.1 Å². The lowest BCUT2D eigenvalue weighted by atomic mass is 10.1. The number of fused-ring (bicyclic) bond motifs is 1. The van der Waals surface area contributed by atoms with E-state index in [2.05, 4.69) is 27.3 Å². The van der Waals surface area contributed by atoms with E-state index >= 15 is 0 Å². The topological polar surface area (TPSA) is 52.9 Å². The lowest BCUT2D eigenvalue weighted by Gasteiger charge is -2.07. The molecule has 0 spiro atoms. The first-order valence-electron chi connectivity index (χ1n) is 6.72. The molecule has 0 fully saturated rings. The van der Waals surface area contributed by atoms with Crippen LogP contribution in [0, 0.1) is 18.3 Å². The van der Waals surface area contributed by atoms with Gasteiger partial charge in [0.25, 0.3) is 5.91 Å². The van der Waals surface area contributed by atoms with Crippen molar-refractivity contribution < 1.29 is 4.79 Å². The monoisotopic (exact) mass is 360 g/mol. The van der Waals surface area contributed by atoms with Gasteiger partial charge in [0.15, 0.2) is 0 Å². The second-order valence-corrected chi connectivity index (χ2v) is 7.11. The molecular weight excluding hydrogens is 348 g/mol. The van der Waals surface area contributed by atoms with Crippen LogP contribution >= 0.6 is 27.3 Å². The summed E-state index contributed by atoms with van der Waals surface area (Å²) in [6.07, 6.45) is 3.07. The molecule has 1 aromatic heterocycles. The Morgan fingerprint density at radius 2 is 2.24 bits per heavy atom. The van der Waals surface area contributed by atoms with Crippen LogP contribution in [-0.2, 0) is 12.8 Å². The highest BCUT2D eigenvalue weighted by atomic mass is 79.9. The summed E-state index contributed by atoms with van der Waals surface area (Å²) in [6, 6.07) is 7.86. The summed E-state index contributed by atoms with van der Waals surface area (Å²) < 4.78 is 0.868. The molecule has 0 radical (unpaired) electrons. The van der Waals surface area contributed by atoms with Crippen LogP contribution in [0.5, 0.6) is 0 Å². The fourth-order valence-corrected chi connectivity index (χ4v) is 4.22. The Kier molecular flexibility index (Phi) is 3.83. The number of nitrogens with one attached hydrogen (secondary N) is 1. The van der Waals surface area contributed by atoms with E-state index in [4.69, 9.17) is 0 Å². The zero-order valence-corrected chi connectivity index (χ0v) is 13.9. The maximum Gasteiger partial charge on any atom is 0.256 e. The zero-order valence-electron chi connectivity index (χ0n) is 11.5. The number of halogens is 1. The molecule has 1 aliphatic rings. The van der Waals surface area contributed by atoms with Gasteiger partial charge in [-0.05, 0) is 49.4 Å². The van der Waals surface area contributed by atoms with Gasteiger partial charge >= 0.3 is 0 Å². The number of benzene rings is 1. The minimum atomic E-state index is -0.162. The maximum atomic E-state index is 12.4. The molecule has 0 bridgehead atoms. The maximum absolute atomic E-state index is 12.4. The average Bonchev–Trinajstić information content (AvgIpc) is 3.01. The van der Waals surface area contributed by atoms with Crippen LogP contribution in [0.1, 0.15) is 38.3 Å². The molecule has 21 heavy (non-hydrogen) atoms. The smallest absolute Gasteiger partial charge is 0.256 e. The number of rotatable bonds is 2. The van der Waals surface area contributed by atoms with Crippen molar-refractivity contribution in [2.75, 3.05) is 5.32 Å². The van der Waals surface area contributed by atoms with E-state index < -0.39 is 0 Å². The summed E-state index contributed by atoms with van der Waals surface area (Å²) >= 11 is 4.92. The van der Waals surface area contributed by atoms with E-state index in [0.29, 0.717) is 16.1 Å². The number of aryl methyl sites for hydroxylation is 2. The third kappa shape index (κ3) is 2.61. The van der Waals surface area contributed by atoms with Gasteiger partial charge in [0.1, 0.15) is 11.1 Å². The first kappa shape index (κ1) is 14.3. The molecule has 3 rings (SSSR count). The Bertz CT molecular complexity index is 773. The van der Waals surface area contributed by atoms with Gasteiger partial charge in [-0.2, -0.15) is 5.26 Å². The number of carbonyl (C=O) groups is 1. The van der Waals surface area contributed by atoms with E-state index in [1.807, 2.05) is 19.1 Å². The molecule has 3 nitrogen and oxygen atoms in total. The number of hydrogen-bond donors (Lipinski definition) is 1. The first-order chi connectivity index (χ1) is 10.1. The van der Waals surface area contributed by atoms with E-state index in [-0.39, 0.29) is 5.91 Å². The standard InChI is InChI=1S/C16H13BrN2OS/c1-9-5-6-10(17)7-12(9)15(20)19-16-13(8-18)11-3-2-4-14(11)21-16/h5-7H,2-4H2,1H3,(H,19,20). The Balaban J connectivity index is 1.92. The Morgan fingerprint density at radius 3 is 3.00 bits per heavy atom. The van der Waals surface area contributed by atoms with Gasteiger partial charge < -0.3 is 5.32 Å². The van der Waals surface area contributed by atoms with Crippen molar-refractivity contribution in [2.24, 2.45) is 0 Å². The first-order valence-corrected chi connectivity index (χ1v) is 8.33. The lowest BCUT2D eigenvalue weighted by Crippen LogP contribution is -2.13. The fraction of sp³-hybridized carbons (Fsp3) is 0.250. The van der Waals surface area contributed by atoms with Crippen molar-refractivity contribution in [3.8, 4) is 6.07 Å². The van der Waals surface area contributed by atoms with Crippen molar-refractivity contribution in [3.05, 3.63) is 49.8 Å². The number of thiophene rings is 1. The molecule has 2 aromatic rings. The molecule has 1 N–H and O–H groups in total. The summed E-state index contributed by atoms with van der Waals surface area (Å²) in [5.41, 5.74) is 3.32. The van der Waals surface area contributed by atoms with Crippen LogP contribution in [0.25, 0.3) is 0 Å². The molecule has 0 saturated carbocycles. The lowest BCUT2D eigenvalue weighted by molar-refractivity contribution is 0.102. The normalized spacial score (nSPS) is 12.8. The Morgan fingerprint density at radius 1 is 1.43 bits per heavy atom. The van der Waals surface area contributed by atoms with Gasteiger partial charge in [0.2, 0.25) is 0 Å². The summed E-state index contributed by atoms with van der Waals surface area (Å²) in [6.45, 7) is 1.90. The molecule has 0 saturated heterocycles. The van der Waals surface area contributed by atoms with Crippen molar-refractivity contribution >= 4 is 38.2 Å². The second-order valence-electron chi connectivity index (χ2n) is 5.09. The molecule has 106 valence electrons. The third-order valence-electron chi connectivity index (χ3n) is 3.70. The number of nitrogens with zero attached hydrogens (tertiary/aromatic N) is 1. The van der Waals surface area contributed by atoms with E-state index in [1.54, 1.807) is 17.4 Å². The van der Waals surface area contributed by atoms with Gasteiger partial charge in [0.05, 0.1) is 5.56 Å². The summed E-state index contributed by atoms with van der Waals surface area (Å²) in [4.78, 5) is 13.7. The molecule has 1 heterocycles. The molecular formula is C16H13BrN2OS. The van der Waals surface area contributed by atoms with Crippen molar-refractivity contribution in [1.29, 1.82) is 5.26 Å². The number of nitriles is 1. The Hall–Kier alpha value is -1.64. The van der Waals surface area contributed by atoms with Crippen molar-refractivity contribution in [1.82, 2.24) is 0 Å². The van der Waals surface area contributed by atoms with Crippen LogP contribution < -0.4 is 5.32 Å². The van der Waals surface area contributed by atoms with E-state index in [0.717, 1.165) is 34.9 Å². The fourth-order valence-electron chi connectivity index (χ4n) is 2.62. The van der Waals surface area contributed by atoms with Gasteiger partial charge in [0, 0.05) is 14.9 Å². The summed E-state index contributed by atoms with van der Waals surface area (Å²) in [7, 11) is 0. The largest absolute Gasteiger partial charge is 0.312 e. The van der Waals surface area contributed by atoms with Crippen molar-refractivity contribution in [3.63, 3.8) is 0 Å². The van der Waals surface area contributed by atoms with Gasteiger partial charge in [-0.25, -0.2) is 0 Å². The molecule has 0 atom stereocenters. The quantitative estimate of drug-likeness (QED) is 0.860. The predicted octanol–water partition coefficient (Wildman–Crippen LogP) is 4.43. The zero-order chi connectivity index (χ0) is 15.0.